The molecule has 0 amide bonds. The lowest BCUT2D eigenvalue weighted by Gasteiger charge is -2.12. The van der Waals surface area contributed by atoms with Gasteiger partial charge < -0.3 is 5.11 Å². The van der Waals surface area contributed by atoms with Gasteiger partial charge in [0, 0.05) is 0 Å². The molecule has 0 aliphatic carbocycles. The van der Waals surface area contributed by atoms with Crippen LogP contribution in [0.5, 0.6) is 0 Å². The van der Waals surface area contributed by atoms with Crippen LogP contribution in [0.4, 0.5) is 4.39 Å². The van der Waals surface area contributed by atoms with E-state index in [-0.39, 0.29) is 5.82 Å². The van der Waals surface area contributed by atoms with Crippen LogP contribution in [-0.4, -0.2) is 14.7 Å². The van der Waals surface area contributed by atoms with Gasteiger partial charge in [-0.1, -0.05) is 17.5 Å². The van der Waals surface area contributed by atoms with Crippen molar-refractivity contribution in [2.75, 3.05) is 0 Å². The minimum Gasteiger partial charge on any atom is -0.383 e. The Hall–Kier alpha value is -1.33. The molecule has 1 N–H and O–H groups in total. The van der Waals surface area contributed by atoms with Gasteiger partial charge in [-0.25, -0.2) is 4.39 Å². The second-order valence-corrected chi connectivity index (χ2v) is 4.63. The van der Waals surface area contributed by atoms with Crippen molar-refractivity contribution in [3.8, 4) is 0 Å². The lowest BCUT2D eigenvalue weighted by Crippen LogP contribution is -2.03. The SMILES string of the molecule is CCc1nnsc1C(O)c1cc(F)ccc1C. The predicted octanol–water partition coefficient (Wildman–Crippen LogP) is 2.63. The van der Waals surface area contributed by atoms with E-state index in [0.717, 1.165) is 22.8 Å². The standard InChI is InChI=1S/C12H13FN2OS/c1-3-10-12(17-15-14-10)11(16)9-6-8(13)5-4-7(9)2/h4-6,11,16H,3H2,1-2H3. The minimum atomic E-state index is -0.847. The summed E-state index contributed by atoms with van der Waals surface area (Å²) in [6.07, 6.45) is -0.141. The van der Waals surface area contributed by atoms with Crippen molar-refractivity contribution in [1.82, 2.24) is 9.59 Å². The molecule has 0 aliphatic rings. The van der Waals surface area contributed by atoms with Crippen molar-refractivity contribution in [1.29, 1.82) is 0 Å². The van der Waals surface area contributed by atoms with Crippen molar-refractivity contribution in [2.24, 2.45) is 0 Å². The Kier molecular flexibility index (Phi) is 3.49. The third-order valence-corrected chi connectivity index (χ3v) is 3.52. The summed E-state index contributed by atoms with van der Waals surface area (Å²) >= 11 is 1.16. The molecular formula is C12H13FN2OS. The molecule has 5 heteroatoms. The van der Waals surface area contributed by atoms with Gasteiger partial charge in [0.25, 0.3) is 0 Å². The molecule has 1 aromatic heterocycles. The van der Waals surface area contributed by atoms with Crippen LogP contribution in [0.15, 0.2) is 18.2 Å². The second kappa shape index (κ2) is 4.89. The zero-order chi connectivity index (χ0) is 12.4. The molecule has 0 bridgehead atoms. The van der Waals surface area contributed by atoms with Gasteiger partial charge in [-0.15, -0.1) is 5.10 Å². The van der Waals surface area contributed by atoms with Gasteiger partial charge in [0.1, 0.15) is 11.9 Å². The maximum Gasteiger partial charge on any atom is 0.123 e. The topological polar surface area (TPSA) is 46.0 Å². The van der Waals surface area contributed by atoms with Crippen LogP contribution in [0.2, 0.25) is 0 Å². The van der Waals surface area contributed by atoms with Crippen LogP contribution < -0.4 is 0 Å². The first kappa shape index (κ1) is 12.1. The van der Waals surface area contributed by atoms with Crippen molar-refractivity contribution in [3.05, 3.63) is 45.7 Å². The summed E-state index contributed by atoms with van der Waals surface area (Å²) < 4.78 is 17.0. The number of aliphatic hydroxyl groups excluding tert-OH is 1. The van der Waals surface area contributed by atoms with Crippen LogP contribution >= 0.6 is 11.5 Å². The summed E-state index contributed by atoms with van der Waals surface area (Å²) in [6.45, 7) is 3.80. The Balaban J connectivity index is 2.43. The molecule has 0 fully saturated rings. The van der Waals surface area contributed by atoms with Crippen molar-refractivity contribution in [3.63, 3.8) is 0 Å². The number of aryl methyl sites for hydroxylation is 2. The summed E-state index contributed by atoms with van der Waals surface area (Å²) in [7, 11) is 0. The molecule has 0 radical (unpaired) electrons. The Morgan fingerprint density at radius 2 is 2.24 bits per heavy atom. The van der Waals surface area contributed by atoms with Gasteiger partial charge in [0.2, 0.25) is 0 Å². The van der Waals surface area contributed by atoms with E-state index >= 15 is 0 Å². The Bertz CT molecular complexity index is 527. The second-order valence-electron chi connectivity index (χ2n) is 3.84. The highest BCUT2D eigenvalue weighted by atomic mass is 32.1. The molecule has 0 aliphatic heterocycles. The lowest BCUT2D eigenvalue weighted by molar-refractivity contribution is 0.221. The highest BCUT2D eigenvalue weighted by Crippen LogP contribution is 2.29. The Labute approximate surface area is 103 Å². The van der Waals surface area contributed by atoms with Gasteiger partial charge in [0.05, 0.1) is 10.6 Å². The number of benzene rings is 1. The van der Waals surface area contributed by atoms with E-state index < -0.39 is 6.10 Å². The van der Waals surface area contributed by atoms with E-state index in [0.29, 0.717) is 16.9 Å². The molecule has 1 atom stereocenters. The van der Waals surface area contributed by atoms with Gasteiger partial charge in [-0.3, -0.25) is 0 Å². The first-order valence-electron chi connectivity index (χ1n) is 5.38. The number of hydrogen-bond donors (Lipinski definition) is 1. The highest BCUT2D eigenvalue weighted by molar-refractivity contribution is 7.05. The molecule has 2 rings (SSSR count). The van der Waals surface area contributed by atoms with E-state index in [1.165, 1.54) is 12.1 Å². The zero-order valence-electron chi connectivity index (χ0n) is 9.64. The van der Waals surface area contributed by atoms with Crippen LogP contribution in [-0.2, 0) is 6.42 Å². The van der Waals surface area contributed by atoms with Crippen LogP contribution in [0, 0.1) is 12.7 Å². The molecule has 1 aromatic carbocycles. The van der Waals surface area contributed by atoms with Gasteiger partial charge in [-0.2, -0.15) is 0 Å². The molecule has 90 valence electrons. The first-order valence-corrected chi connectivity index (χ1v) is 6.16. The molecule has 17 heavy (non-hydrogen) atoms. The largest absolute Gasteiger partial charge is 0.383 e. The van der Waals surface area contributed by atoms with E-state index in [4.69, 9.17) is 0 Å². The normalized spacial score (nSPS) is 12.7. The lowest BCUT2D eigenvalue weighted by atomic mass is 10.0. The number of aliphatic hydroxyl groups is 1. The summed E-state index contributed by atoms with van der Waals surface area (Å²) in [5, 5.41) is 14.2. The van der Waals surface area contributed by atoms with Crippen LogP contribution in [0.3, 0.4) is 0 Å². The Morgan fingerprint density at radius 1 is 1.47 bits per heavy atom. The molecule has 3 nitrogen and oxygen atoms in total. The van der Waals surface area contributed by atoms with E-state index in [1.54, 1.807) is 6.07 Å². The third kappa shape index (κ3) is 2.35. The monoisotopic (exact) mass is 252 g/mol. The van der Waals surface area contributed by atoms with E-state index in [1.807, 2.05) is 13.8 Å². The van der Waals surface area contributed by atoms with Gasteiger partial charge >= 0.3 is 0 Å². The highest BCUT2D eigenvalue weighted by Gasteiger charge is 2.19. The average Bonchev–Trinajstić information content (AvgIpc) is 2.79. The van der Waals surface area contributed by atoms with Crippen molar-refractivity contribution in [2.45, 2.75) is 26.4 Å². The smallest absolute Gasteiger partial charge is 0.123 e. The van der Waals surface area contributed by atoms with E-state index in [9.17, 15) is 9.50 Å². The van der Waals surface area contributed by atoms with Gasteiger partial charge in [0.15, 0.2) is 0 Å². The predicted molar refractivity (Wildman–Crippen MR) is 64.5 cm³/mol. The molecule has 1 heterocycles. The van der Waals surface area contributed by atoms with Gasteiger partial charge in [-0.05, 0) is 48.1 Å². The summed E-state index contributed by atoms with van der Waals surface area (Å²) in [6, 6.07) is 4.41. The zero-order valence-corrected chi connectivity index (χ0v) is 10.5. The molecule has 1 unspecified atom stereocenters. The molecule has 0 spiro atoms. The average molecular weight is 252 g/mol. The first-order chi connectivity index (χ1) is 8.13. The number of nitrogens with zero attached hydrogens (tertiary/aromatic N) is 2. The minimum absolute atomic E-state index is 0.347. The number of halogens is 1. The molecule has 0 saturated carbocycles. The fraction of sp³-hybridized carbons (Fsp3) is 0.333. The summed E-state index contributed by atoms with van der Waals surface area (Å²) in [4.78, 5) is 0.696. The van der Waals surface area contributed by atoms with Crippen molar-refractivity contribution < 1.29 is 9.50 Å². The molecule has 0 saturated heterocycles. The Morgan fingerprint density at radius 3 is 2.94 bits per heavy atom. The van der Waals surface area contributed by atoms with Crippen molar-refractivity contribution >= 4 is 11.5 Å². The summed E-state index contributed by atoms with van der Waals surface area (Å²) in [5.41, 5.74) is 2.20. The molecular weight excluding hydrogens is 239 g/mol. The molecule has 2 aromatic rings. The quantitative estimate of drug-likeness (QED) is 0.913. The van der Waals surface area contributed by atoms with Crippen LogP contribution in [0.25, 0.3) is 0 Å². The van der Waals surface area contributed by atoms with Crippen LogP contribution in [0.1, 0.15) is 34.7 Å². The maximum absolute atomic E-state index is 13.2. The third-order valence-electron chi connectivity index (χ3n) is 2.70. The summed E-state index contributed by atoms with van der Waals surface area (Å²) in [5.74, 6) is -0.347. The number of hydrogen-bond acceptors (Lipinski definition) is 4. The number of rotatable bonds is 3. The maximum atomic E-state index is 13.2. The number of aromatic nitrogens is 2. The fourth-order valence-electron chi connectivity index (χ4n) is 1.72. The van der Waals surface area contributed by atoms with E-state index in [2.05, 4.69) is 9.59 Å². The fourth-order valence-corrected chi connectivity index (χ4v) is 2.46.